The van der Waals surface area contributed by atoms with E-state index < -0.39 is 0 Å². The lowest BCUT2D eigenvalue weighted by molar-refractivity contribution is -0.115. The van der Waals surface area contributed by atoms with Crippen molar-refractivity contribution in [2.75, 3.05) is 7.05 Å². The summed E-state index contributed by atoms with van der Waals surface area (Å²) in [6.45, 7) is 15.7. The Labute approximate surface area is 174 Å². The van der Waals surface area contributed by atoms with Gasteiger partial charge in [-0.1, -0.05) is 66.5 Å². The minimum atomic E-state index is -0.0404. The molecule has 3 heteroatoms. The molecule has 1 fully saturated rings. The van der Waals surface area contributed by atoms with Gasteiger partial charge in [0.1, 0.15) is 5.71 Å². The molecule has 0 heterocycles. The Morgan fingerprint density at radius 3 is 2.29 bits per heavy atom. The molecular formula is C25H44N2O. The van der Waals surface area contributed by atoms with Gasteiger partial charge in [0.05, 0.1) is 0 Å². The van der Waals surface area contributed by atoms with E-state index in [9.17, 15) is 4.79 Å². The van der Waals surface area contributed by atoms with Crippen molar-refractivity contribution in [3.05, 3.63) is 23.8 Å². The Hall–Kier alpha value is -1.38. The summed E-state index contributed by atoms with van der Waals surface area (Å²) < 4.78 is 0. The lowest BCUT2D eigenvalue weighted by Crippen LogP contribution is -2.43. The number of amides is 1. The molecule has 3 nitrogen and oxygen atoms in total. The third-order valence-corrected chi connectivity index (χ3v) is 6.68. The number of carbonyl (C=O) groups is 1. The monoisotopic (exact) mass is 388 g/mol. The van der Waals surface area contributed by atoms with Crippen LogP contribution in [0.5, 0.6) is 0 Å². The summed E-state index contributed by atoms with van der Waals surface area (Å²) in [5.41, 5.74) is 1.73. The van der Waals surface area contributed by atoms with Crippen molar-refractivity contribution in [3.63, 3.8) is 0 Å². The first-order valence-corrected chi connectivity index (χ1v) is 11.3. The molecule has 0 spiro atoms. The van der Waals surface area contributed by atoms with Crippen molar-refractivity contribution in [1.29, 1.82) is 0 Å². The molecule has 1 aliphatic carbocycles. The number of hydrogen-bond acceptors (Lipinski definition) is 2. The van der Waals surface area contributed by atoms with Gasteiger partial charge in [0, 0.05) is 13.1 Å². The van der Waals surface area contributed by atoms with Crippen LogP contribution in [0.1, 0.15) is 80.6 Å². The zero-order valence-electron chi connectivity index (χ0n) is 19.6. The van der Waals surface area contributed by atoms with Crippen LogP contribution in [-0.2, 0) is 4.79 Å². The van der Waals surface area contributed by atoms with Crippen molar-refractivity contribution in [3.8, 4) is 0 Å². The van der Waals surface area contributed by atoms with Gasteiger partial charge >= 0.3 is 0 Å². The summed E-state index contributed by atoms with van der Waals surface area (Å²) in [5.74, 6) is 3.10. The summed E-state index contributed by atoms with van der Waals surface area (Å²) in [4.78, 5) is 17.2. The van der Waals surface area contributed by atoms with Gasteiger partial charge in [-0.05, 0) is 67.4 Å². The van der Waals surface area contributed by atoms with E-state index in [-0.39, 0.29) is 11.9 Å². The lowest BCUT2D eigenvalue weighted by Gasteiger charge is -2.27. The second kappa shape index (κ2) is 12.2. The highest BCUT2D eigenvalue weighted by Gasteiger charge is 2.28. The van der Waals surface area contributed by atoms with E-state index in [0.717, 1.165) is 18.3 Å². The quantitative estimate of drug-likeness (QED) is 0.426. The average molecular weight is 389 g/mol. The van der Waals surface area contributed by atoms with Gasteiger partial charge in [-0.15, -0.1) is 0 Å². The van der Waals surface area contributed by atoms with Crippen LogP contribution >= 0.6 is 0 Å². The molecular weight excluding hydrogens is 344 g/mol. The predicted octanol–water partition coefficient (Wildman–Crippen LogP) is 6.21. The first kappa shape index (κ1) is 24.7. The summed E-state index contributed by atoms with van der Waals surface area (Å²) >= 11 is 0. The number of nitrogens with zero attached hydrogens (tertiary/aromatic N) is 1. The fourth-order valence-electron chi connectivity index (χ4n) is 4.54. The largest absolute Gasteiger partial charge is 0.348 e. The molecule has 0 aromatic carbocycles. The van der Waals surface area contributed by atoms with E-state index in [2.05, 4.69) is 57.9 Å². The van der Waals surface area contributed by atoms with Crippen LogP contribution in [0, 0.1) is 29.6 Å². The van der Waals surface area contributed by atoms with E-state index in [1.807, 2.05) is 19.1 Å². The highest BCUT2D eigenvalue weighted by atomic mass is 16.1. The van der Waals surface area contributed by atoms with Crippen molar-refractivity contribution in [2.24, 2.45) is 34.6 Å². The maximum atomic E-state index is 12.9. The third kappa shape index (κ3) is 7.56. The average Bonchev–Trinajstić information content (AvgIpc) is 2.70. The van der Waals surface area contributed by atoms with Crippen molar-refractivity contribution >= 4 is 11.6 Å². The minimum Gasteiger partial charge on any atom is -0.348 e. The highest BCUT2D eigenvalue weighted by molar-refractivity contribution is 6.43. The molecule has 0 bridgehead atoms. The van der Waals surface area contributed by atoms with E-state index >= 15 is 0 Å². The number of aliphatic imine (C=N–C) groups is 1. The van der Waals surface area contributed by atoms with Crippen LogP contribution in [-0.4, -0.2) is 24.7 Å². The van der Waals surface area contributed by atoms with E-state index in [1.165, 1.54) is 31.3 Å². The Morgan fingerprint density at radius 1 is 1.11 bits per heavy atom. The molecule has 1 aliphatic rings. The third-order valence-electron chi connectivity index (χ3n) is 6.68. The number of rotatable bonds is 6. The maximum Gasteiger partial charge on any atom is 0.269 e. The molecule has 0 aromatic heterocycles. The summed E-state index contributed by atoms with van der Waals surface area (Å²) in [5, 5.41) is 3.32. The van der Waals surface area contributed by atoms with Crippen LogP contribution in [0.4, 0.5) is 0 Å². The van der Waals surface area contributed by atoms with Gasteiger partial charge in [-0.2, -0.15) is 0 Å². The summed E-state index contributed by atoms with van der Waals surface area (Å²) in [7, 11) is 1.70. The normalized spacial score (nSPS) is 30.8. The molecule has 0 aromatic rings. The molecule has 0 saturated heterocycles. The number of carbonyl (C=O) groups excluding carboxylic acids is 1. The number of hydrogen-bond donors (Lipinski definition) is 1. The fraction of sp³-hybridized carbons (Fsp3) is 0.760. The van der Waals surface area contributed by atoms with Crippen LogP contribution in [0.2, 0.25) is 0 Å². The summed E-state index contributed by atoms with van der Waals surface area (Å²) in [6.07, 6.45) is 12.0. The zero-order valence-corrected chi connectivity index (χ0v) is 19.6. The van der Waals surface area contributed by atoms with Crippen LogP contribution in [0.3, 0.4) is 0 Å². The topological polar surface area (TPSA) is 41.5 Å². The Kier molecular flexibility index (Phi) is 10.8. The molecule has 0 radical (unpaired) electrons. The standard InChI is InChI=1S/C25H44N2O/c1-9-21(17(3)4)13-14-23(26-8)25(28)27-24-16-18(5)15-22(10-2)19(6)11-12-20(24)7/h9,13-14,17-20,22,24H,10-12,15-16H2,1-8H3,(H,27,28). The van der Waals surface area contributed by atoms with Gasteiger partial charge in [-0.3, -0.25) is 9.79 Å². The van der Waals surface area contributed by atoms with Gasteiger partial charge in [0.25, 0.3) is 5.91 Å². The van der Waals surface area contributed by atoms with Gasteiger partial charge in [0.15, 0.2) is 0 Å². The Bertz CT molecular complexity index is 573. The Morgan fingerprint density at radius 2 is 1.75 bits per heavy atom. The predicted molar refractivity (Wildman–Crippen MR) is 123 cm³/mol. The second-order valence-electron chi connectivity index (χ2n) is 9.24. The maximum absolute atomic E-state index is 12.9. The first-order chi connectivity index (χ1) is 13.2. The van der Waals surface area contributed by atoms with Crippen molar-refractivity contribution in [2.45, 2.75) is 86.6 Å². The van der Waals surface area contributed by atoms with E-state index in [1.54, 1.807) is 7.05 Å². The highest BCUT2D eigenvalue weighted by Crippen LogP contribution is 2.33. The second-order valence-corrected chi connectivity index (χ2v) is 9.24. The molecule has 1 amide bonds. The fourth-order valence-corrected chi connectivity index (χ4v) is 4.54. The number of nitrogens with one attached hydrogen (secondary N) is 1. The molecule has 0 aliphatic heterocycles. The molecule has 160 valence electrons. The molecule has 1 saturated carbocycles. The minimum absolute atomic E-state index is 0.0404. The van der Waals surface area contributed by atoms with Crippen molar-refractivity contribution < 1.29 is 4.79 Å². The van der Waals surface area contributed by atoms with Crippen LogP contribution in [0.25, 0.3) is 0 Å². The smallest absolute Gasteiger partial charge is 0.269 e. The molecule has 5 atom stereocenters. The lowest BCUT2D eigenvalue weighted by atomic mass is 9.82. The van der Waals surface area contributed by atoms with E-state index in [4.69, 9.17) is 0 Å². The zero-order chi connectivity index (χ0) is 21.3. The van der Waals surface area contributed by atoms with Gasteiger partial charge < -0.3 is 5.32 Å². The van der Waals surface area contributed by atoms with Gasteiger partial charge in [-0.25, -0.2) is 0 Å². The van der Waals surface area contributed by atoms with Crippen LogP contribution in [0.15, 0.2) is 28.8 Å². The summed E-state index contributed by atoms with van der Waals surface area (Å²) in [6, 6.07) is 0.224. The van der Waals surface area contributed by atoms with Crippen LogP contribution < -0.4 is 5.32 Å². The SMILES string of the molecule is CC=C(C=CC(=NC)C(=O)NC1CC(C)CC(CC)C(C)CCC1C)C(C)C. The molecule has 5 unspecified atom stereocenters. The molecule has 1 N–H and O–H groups in total. The first-order valence-electron chi connectivity index (χ1n) is 11.3. The molecule has 28 heavy (non-hydrogen) atoms. The van der Waals surface area contributed by atoms with Crippen molar-refractivity contribution in [1.82, 2.24) is 5.32 Å². The van der Waals surface area contributed by atoms with E-state index in [0.29, 0.717) is 23.5 Å². The Balaban J connectivity index is 2.87. The van der Waals surface area contributed by atoms with Gasteiger partial charge in [0.2, 0.25) is 0 Å². The number of allylic oxidation sites excluding steroid dienone is 3. The molecule has 1 rings (SSSR count).